The van der Waals surface area contributed by atoms with Gasteiger partial charge >= 0.3 is 0 Å². The van der Waals surface area contributed by atoms with Crippen LogP contribution in [-0.2, 0) is 6.54 Å². The second kappa shape index (κ2) is 7.19. The van der Waals surface area contributed by atoms with E-state index in [4.69, 9.17) is 5.26 Å². The van der Waals surface area contributed by atoms with Gasteiger partial charge in [-0.3, -0.25) is 9.59 Å². The first kappa shape index (κ1) is 17.4. The van der Waals surface area contributed by atoms with Gasteiger partial charge in [0.1, 0.15) is 0 Å². The molecule has 130 valence electrons. The van der Waals surface area contributed by atoms with Crippen molar-refractivity contribution in [2.45, 2.75) is 20.4 Å². The summed E-state index contributed by atoms with van der Waals surface area (Å²) in [5.74, 6) is -0.210. The summed E-state index contributed by atoms with van der Waals surface area (Å²) in [6, 6.07) is 15.6. The molecule has 1 heterocycles. The zero-order valence-corrected chi connectivity index (χ0v) is 14.6. The van der Waals surface area contributed by atoms with Crippen LogP contribution in [0.4, 0.5) is 5.69 Å². The molecule has 0 aliphatic carbocycles. The maximum Gasteiger partial charge on any atom is 0.276 e. The van der Waals surface area contributed by atoms with Crippen molar-refractivity contribution < 1.29 is 4.79 Å². The maximum absolute atomic E-state index is 12.8. The third-order valence-electron chi connectivity index (χ3n) is 3.87. The van der Waals surface area contributed by atoms with Crippen LogP contribution in [0.25, 0.3) is 10.8 Å². The number of hydrogen-bond acceptors (Lipinski definition) is 4. The summed E-state index contributed by atoms with van der Waals surface area (Å²) in [5.41, 5.74) is 0.924. The van der Waals surface area contributed by atoms with Gasteiger partial charge in [0.05, 0.1) is 17.0 Å². The van der Waals surface area contributed by atoms with Gasteiger partial charge in [0.25, 0.3) is 11.5 Å². The van der Waals surface area contributed by atoms with Gasteiger partial charge in [0.2, 0.25) is 0 Å². The molecule has 6 heteroatoms. The molecule has 3 rings (SSSR count). The molecule has 1 aromatic heterocycles. The highest BCUT2D eigenvalue weighted by Crippen LogP contribution is 2.16. The first-order valence-corrected chi connectivity index (χ1v) is 8.31. The van der Waals surface area contributed by atoms with Crippen LogP contribution in [0, 0.1) is 17.2 Å². The molecule has 0 fully saturated rings. The van der Waals surface area contributed by atoms with Crippen molar-refractivity contribution in [1.29, 1.82) is 5.26 Å². The third kappa shape index (κ3) is 3.47. The lowest BCUT2D eigenvalue weighted by Crippen LogP contribution is -2.29. The summed E-state index contributed by atoms with van der Waals surface area (Å²) in [6.45, 7) is 4.39. The molecule has 2 aromatic carbocycles. The topological polar surface area (TPSA) is 87.8 Å². The number of nitrogens with one attached hydrogen (secondary N) is 1. The SMILES string of the molecule is CC(C)Cn1nc(C(=O)Nc2cccc(C#N)c2)c2ccccc2c1=O. The largest absolute Gasteiger partial charge is 0.321 e. The van der Waals surface area contributed by atoms with Crippen molar-refractivity contribution in [3.05, 3.63) is 70.1 Å². The molecule has 0 bridgehead atoms. The van der Waals surface area contributed by atoms with E-state index in [2.05, 4.69) is 10.4 Å². The monoisotopic (exact) mass is 346 g/mol. The second-order valence-electron chi connectivity index (χ2n) is 6.42. The summed E-state index contributed by atoms with van der Waals surface area (Å²) >= 11 is 0. The standard InChI is InChI=1S/C20H18N4O2/c1-13(2)12-24-20(26)17-9-4-3-8-16(17)18(23-24)19(25)22-15-7-5-6-14(10-15)11-21/h3-10,13H,12H2,1-2H3,(H,22,25). The fraction of sp³-hybridized carbons (Fsp3) is 0.200. The van der Waals surface area contributed by atoms with Crippen LogP contribution in [0.3, 0.4) is 0 Å². The Balaban J connectivity index is 2.08. The molecule has 0 unspecified atom stereocenters. The van der Waals surface area contributed by atoms with Gasteiger partial charge in [0, 0.05) is 17.6 Å². The van der Waals surface area contributed by atoms with E-state index in [-0.39, 0.29) is 17.2 Å². The molecule has 0 aliphatic rings. The van der Waals surface area contributed by atoms with Gasteiger partial charge in [-0.05, 0) is 30.2 Å². The van der Waals surface area contributed by atoms with Crippen LogP contribution in [-0.4, -0.2) is 15.7 Å². The highest BCUT2D eigenvalue weighted by molar-refractivity contribution is 6.11. The Morgan fingerprint density at radius 2 is 1.92 bits per heavy atom. The van der Waals surface area contributed by atoms with E-state index in [0.717, 1.165) is 0 Å². The van der Waals surface area contributed by atoms with Gasteiger partial charge in [-0.2, -0.15) is 10.4 Å². The zero-order valence-electron chi connectivity index (χ0n) is 14.6. The summed E-state index contributed by atoms with van der Waals surface area (Å²) < 4.78 is 1.34. The Hall–Kier alpha value is -3.46. The van der Waals surface area contributed by atoms with E-state index in [9.17, 15) is 9.59 Å². The minimum atomic E-state index is -0.422. The predicted molar refractivity (Wildman–Crippen MR) is 100.0 cm³/mol. The fourth-order valence-corrected chi connectivity index (χ4v) is 2.73. The van der Waals surface area contributed by atoms with Gasteiger partial charge in [-0.25, -0.2) is 4.68 Å². The van der Waals surface area contributed by atoms with Crippen LogP contribution in [0.15, 0.2) is 53.3 Å². The number of hydrogen-bond donors (Lipinski definition) is 1. The van der Waals surface area contributed by atoms with Crippen LogP contribution in [0.5, 0.6) is 0 Å². The van der Waals surface area contributed by atoms with E-state index >= 15 is 0 Å². The van der Waals surface area contributed by atoms with Crippen LogP contribution in [0.2, 0.25) is 0 Å². The minimum absolute atomic E-state index is 0.184. The lowest BCUT2D eigenvalue weighted by atomic mass is 10.1. The van der Waals surface area contributed by atoms with Gasteiger partial charge in [-0.15, -0.1) is 0 Å². The fourth-order valence-electron chi connectivity index (χ4n) is 2.73. The number of amides is 1. The quantitative estimate of drug-likeness (QED) is 0.786. The van der Waals surface area contributed by atoms with Crippen LogP contribution in [0.1, 0.15) is 29.9 Å². The summed E-state index contributed by atoms with van der Waals surface area (Å²) in [5, 5.41) is 17.0. The smallest absolute Gasteiger partial charge is 0.276 e. The zero-order chi connectivity index (χ0) is 18.7. The maximum atomic E-state index is 12.8. The molecule has 26 heavy (non-hydrogen) atoms. The van der Waals surface area contributed by atoms with Gasteiger partial charge < -0.3 is 5.32 Å². The van der Waals surface area contributed by atoms with Crippen molar-refractivity contribution >= 4 is 22.4 Å². The number of aromatic nitrogens is 2. The van der Waals surface area contributed by atoms with Crippen molar-refractivity contribution in [1.82, 2.24) is 9.78 Å². The molecule has 0 spiro atoms. The van der Waals surface area contributed by atoms with Crippen molar-refractivity contribution in [3.8, 4) is 6.07 Å². The average molecular weight is 346 g/mol. The molecule has 0 atom stereocenters. The second-order valence-corrected chi connectivity index (χ2v) is 6.42. The van der Waals surface area contributed by atoms with Crippen molar-refractivity contribution in [2.75, 3.05) is 5.32 Å². The van der Waals surface area contributed by atoms with E-state index < -0.39 is 5.91 Å². The van der Waals surface area contributed by atoms with E-state index in [1.165, 1.54) is 4.68 Å². The molecule has 6 nitrogen and oxygen atoms in total. The van der Waals surface area contributed by atoms with Crippen molar-refractivity contribution in [2.24, 2.45) is 5.92 Å². The first-order valence-electron chi connectivity index (χ1n) is 8.31. The number of anilines is 1. The first-order chi connectivity index (χ1) is 12.5. The molecular weight excluding hydrogens is 328 g/mol. The number of fused-ring (bicyclic) bond motifs is 1. The Bertz CT molecular complexity index is 1080. The summed E-state index contributed by atoms with van der Waals surface area (Å²) in [4.78, 5) is 25.4. The van der Waals surface area contributed by atoms with Gasteiger partial charge in [-0.1, -0.05) is 38.1 Å². The number of nitrogens with zero attached hydrogens (tertiary/aromatic N) is 3. The number of benzene rings is 2. The summed E-state index contributed by atoms with van der Waals surface area (Å²) in [6.07, 6.45) is 0. The Kier molecular flexibility index (Phi) is 4.81. The number of rotatable bonds is 4. The highest BCUT2D eigenvalue weighted by Gasteiger charge is 2.17. The van der Waals surface area contributed by atoms with E-state index in [0.29, 0.717) is 28.6 Å². The third-order valence-corrected chi connectivity index (χ3v) is 3.87. The minimum Gasteiger partial charge on any atom is -0.321 e. The Morgan fingerprint density at radius 3 is 2.62 bits per heavy atom. The molecule has 0 aliphatic heterocycles. The lowest BCUT2D eigenvalue weighted by molar-refractivity contribution is 0.102. The van der Waals surface area contributed by atoms with Gasteiger partial charge in [0.15, 0.2) is 5.69 Å². The highest BCUT2D eigenvalue weighted by atomic mass is 16.2. The van der Waals surface area contributed by atoms with Crippen LogP contribution < -0.4 is 10.9 Å². The lowest BCUT2D eigenvalue weighted by Gasteiger charge is -2.12. The average Bonchev–Trinajstić information content (AvgIpc) is 2.64. The van der Waals surface area contributed by atoms with E-state index in [1.54, 1.807) is 48.5 Å². The summed E-state index contributed by atoms with van der Waals surface area (Å²) in [7, 11) is 0. The molecule has 1 amide bonds. The normalized spacial score (nSPS) is 10.7. The molecule has 0 radical (unpaired) electrons. The molecule has 1 N–H and O–H groups in total. The molecular formula is C20H18N4O2. The molecule has 0 saturated heterocycles. The Morgan fingerprint density at radius 1 is 1.19 bits per heavy atom. The predicted octanol–water partition coefficient (Wildman–Crippen LogP) is 3.18. The van der Waals surface area contributed by atoms with E-state index in [1.807, 2.05) is 19.9 Å². The number of carbonyl (C=O) groups excluding carboxylic acids is 1. The molecule has 3 aromatic rings. The van der Waals surface area contributed by atoms with Crippen LogP contribution >= 0.6 is 0 Å². The van der Waals surface area contributed by atoms with Crippen molar-refractivity contribution in [3.63, 3.8) is 0 Å². The molecule has 0 saturated carbocycles. The Labute approximate surface area is 150 Å². The number of nitriles is 1. The number of carbonyl (C=O) groups is 1.